The zero-order valence-electron chi connectivity index (χ0n) is 12.4. The van der Waals surface area contributed by atoms with E-state index in [0.29, 0.717) is 21.0 Å². The summed E-state index contributed by atoms with van der Waals surface area (Å²) in [5, 5.41) is 1.15. The summed E-state index contributed by atoms with van der Waals surface area (Å²) in [4.78, 5) is 3.81. The van der Waals surface area contributed by atoms with Crippen LogP contribution in [0.2, 0.25) is 5.32 Å². The van der Waals surface area contributed by atoms with E-state index in [0.717, 1.165) is 5.32 Å². The fourth-order valence-electron chi connectivity index (χ4n) is 2.06. The molecule has 1 aromatic rings. The summed E-state index contributed by atoms with van der Waals surface area (Å²) >= 11 is 0.522. The van der Waals surface area contributed by atoms with Crippen LogP contribution in [0, 0.1) is 30.0 Å². The van der Waals surface area contributed by atoms with E-state index in [4.69, 9.17) is 0 Å². The van der Waals surface area contributed by atoms with E-state index >= 15 is 0 Å². The van der Waals surface area contributed by atoms with Crippen LogP contribution in [0.15, 0.2) is 36.4 Å². The summed E-state index contributed by atoms with van der Waals surface area (Å²) in [5.74, 6) is 1.49. The van der Waals surface area contributed by atoms with Gasteiger partial charge in [-0.05, 0) is 0 Å². The van der Waals surface area contributed by atoms with Crippen molar-refractivity contribution < 1.29 is 0 Å². The molecule has 5 radical (unpaired) electrons. The van der Waals surface area contributed by atoms with Crippen LogP contribution < -0.4 is 0 Å². The minimum absolute atomic E-state index is 0.500. The summed E-state index contributed by atoms with van der Waals surface area (Å²) in [5.41, 5.74) is 1.28. The van der Waals surface area contributed by atoms with Crippen LogP contribution in [-0.4, -0.2) is 40.0 Å². The normalized spacial score (nSPS) is 19.2. The third-order valence-electron chi connectivity index (χ3n) is 3.48. The first kappa shape index (κ1) is 15.8. The van der Waals surface area contributed by atoms with Gasteiger partial charge in [0.1, 0.15) is 0 Å². The molecule has 1 saturated carbocycles. The van der Waals surface area contributed by atoms with Gasteiger partial charge >= 0.3 is 130 Å². The van der Waals surface area contributed by atoms with Gasteiger partial charge in [-0.1, -0.05) is 0 Å². The number of benzene rings is 1. The van der Waals surface area contributed by atoms with Crippen LogP contribution in [0.5, 0.6) is 0 Å². The minimum atomic E-state index is 0.500. The van der Waals surface area contributed by atoms with Crippen molar-refractivity contribution in [3.05, 3.63) is 72.0 Å². The predicted molar refractivity (Wildman–Crippen MR) is 88.6 cm³/mol. The molecule has 1 aromatic carbocycles. The molecule has 0 aliphatic heterocycles. The van der Waals surface area contributed by atoms with Crippen LogP contribution in [0.4, 0.5) is 0 Å². The Hall–Kier alpha value is -0.561. The van der Waals surface area contributed by atoms with Gasteiger partial charge in [-0.15, -0.1) is 0 Å². The molecular formula is C18H22NSe. The fourth-order valence-corrected chi connectivity index (χ4v) is 4.06. The number of hydrogen-bond acceptors (Lipinski definition) is 1. The van der Waals surface area contributed by atoms with Crippen molar-refractivity contribution in [2.75, 3.05) is 14.1 Å². The van der Waals surface area contributed by atoms with Crippen LogP contribution in [0.3, 0.4) is 0 Å². The maximum absolute atomic E-state index is 2.30. The zero-order chi connectivity index (χ0) is 14.4. The van der Waals surface area contributed by atoms with E-state index in [1.54, 1.807) is 0 Å². The molecule has 105 valence electrons. The molecule has 20 heavy (non-hydrogen) atoms. The molecule has 2 rings (SSSR count). The third-order valence-corrected chi connectivity index (χ3v) is 5.66. The monoisotopic (exact) mass is 332 g/mol. The van der Waals surface area contributed by atoms with E-state index in [2.05, 4.69) is 87.7 Å². The van der Waals surface area contributed by atoms with Crippen LogP contribution in [0.25, 0.3) is 6.08 Å². The van der Waals surface area contributed by atoms with Gasteiger partial charge in [0.05, 0.1) is 0 Å². The summed E-state index contributed by atoms with van der Waals surface area (Å²) in [6.45, 7) is 2.27. The molecule has 0 aromatic heterocycles. The van der Waals surface area contributed by atoms with Crippen molar-refractivity contribution in [3.63, 3.8) is 0 Å². The van der Waals surface area contributed by atoms with Gasteiger partial charge in [-0.3, -0.25) is 0 Å². The predicted octanol–water partition coefficient (Wildman–Crippen LogP) is 3.51. The average Bonchev–Trinajstić information content (AvgIpc) is 2.92. The number of allylic oxidation sites excluding steroid dienone is 1. The van der Waals surface area contributed by atoms with Gasteiger partial charge < -0.3 is 0 Å². The van der Waals surface area contributed by atoms with Crippen molar-refractivity contribution in [1.82, 2.24) is 4.90 Å². The Morgan fingerprint density at radius 1 is 1.15 bits per heavy atom. The van der Waals surface area contributed by atoms with Crippen molar-refractivity contribution in [2.24, 2.45) is 0 Å². The molecule has 0 saturated heterocycles. The quantitative estimate of drug-likeness (QED) is 0.721. The van der Waals surface area contributed by atoms with Gasteiger partial charge in [-0.2, -0.15) is 0 Å². The molecule has 0 amide bonds. The number of nitrogens with zero attached hydrogens (tertiary/aromatic N) is 1. The maximum atomic E-state index is 2.30. The van der Waals surface area contributed by atoms with E-state index in [1.807, 2.05) is 0 Å². The second kappa shape index (κ2) is 8.02. The van der Waals surface area contributed by atoms with Gasteiger partial charge in [0, 0.05) is 0 Å². The first-order valence-corrected chi connectivity index (χ1v) is 9.01. The van der Waals surface area contributed by atoms with Crippen molar-refractivity contribution >= 4 is 21.0 Å². The fraction of sp³-hybridized carbons (Fsp3) is 0.278. The van der Waals surface area contributed by atoms with Crippen LogP contribution >= 0.6 is 0 Å². The second-order valence-electron chi connectivity index (χ2n) is 5.11. The molecule has 0 N–H and O–H groups in total. The first-order valence-electron chi connectivity index (χ1n) is 6.95. The standard InChI is InChI=1S/C18H22NSe/c1-15(19(2)3)17-12-7-13-18(17)20-14-8-11-16-9-5-4-6-10-16/h4-13,15H,14H2,1-3H3/b11-8-/t15-/m0/s1. The molecule has 0 heterocycles. The molecule has 1 atom stereocenters. The van der Waals surface area contributed by atoms with E-state index in [1.165, 1.54) is 16.3 Å². The van der Waals surface area contributed by atoms with E-state index in [-0.39, 0.29) is 0 Å². The summed E-state index contributed by atoms with van der Waals surface area (Å²) < 4.78 is 0. The topological polar surface area (TPSA) is 3.24 Å². The Bertz CT molecular complexity index is 413. The summed E-state index contributed by atoms with van der Waals surface area (Å²) in [6, 6.07) is 11.0. The number of hydrogen-bond donors (Lipinski definition) is 0. The summed E-state index contributed by atoms with van der Waals surface area (Å²) in [7, 11) is 4.29. The molecule has 1 nitrogen and oxygen atoms in total. The van der Waals surface area contributed by atoms with Gasteiger partial charge in [-0.25, -0.2) is 0 Å². The van der Waals surface area contributed by atoms with E-state index in [9.17, 15) is 0 Å². The Morgan fingerprint density at radius 3 is 2.60 bits per heavy atom. The molecule has 1 aliphatic rings. The van der Waals surface area contributed by atoms with Crippen molar-refractivity contribution in [1.29, 1.82) is 0 Å². The van der Waals surface area contributed by atoms with Crippen LogP contribution in [0.1, 0.15) is 12.5 Å². The van der Waals surface area contributed by atoms with E-state index < -0.39 is 0 Å². The SMILES string of the molecule is C[C@@H]([C]1[CH][CH][CH][C]1[Se]C/C=C\c1ccccc1)N(C)C. The molecular weight excluding hydrogens is 309 g/mol. The molecule has 0 bridgehead atoms. The Labute approximate surface area is 130 Å². The molecule has 2 heteroatoms. The first-order chi connectivity index (χ1) is 9.68. The zero-order valence-corrected chi connectivity index (χ0v) is 14.1. The summed E-state index contributed by atoms with van der Waals surface area (Å²) in [6.07, 6.45) is 11.3. The Morgan fingerprint density at radius 2 is 1.90 bits per heavy atom. The Balaban J connectivity index is 1.80. The van der Waals surface area contributed by atoms with Gasteiger partial charge in [0.25, 0.3) is 0 Å². The van der Waals surface area contributed by atoms with Crippen molar-refractivity contribution in [2.45, 2.75) is 18.3 Å². The van der Waals surface area contributed by atoms with Crippen LogP contribution in [-0.2, 0) is 0 Å². The van der Waals surface area contributed by atoms with Gasteiger partial charge in [0.15, 0.2) is 0 Å². The molecule has 1 fully saturated rings. The molecule has 0 spiro atoms. The number of rotatable bonds is 6. The molecule has 1 aliphatic carbocycles. The third kappa shape index (κ3) is 4.48. The average molecular weight is 331 g/mol. The molecule has 0 unspecified atom stereocenters. The van der Waals surface area contributed by atoms with Crippen molar-refractivity contribution in [3.8, 4) is 0 Å². The van der Waals surface area contributed by atoms with Gasteiger partial charge in [0.2, 0.25) is 0 Å². The second-order valence-corrected chi connectivity index (χ2v) is 7.34. The Kier molecular flexibility index (Phi) is 6.35.